The Hall–Kier alpha value is -1.16. The van der Waals surface area contributed by atoms with E-state index in [0.717, 1.165) is 25.9 Å². The standard InChI is InChI=1S/C26H37N5O2S/c1-15-5-3-4-6-18(15)22-21-19-13-17(23(32)30-9-11-33-12-10-30)14-20(19)34-24(21)31-16(2)28-29-25(31)26(27-22)7-8-26/h3-6,16-17,19-22,24-25,27-29H,7-14H2,1-2H3/t16?,17-,19?,20?,21?,22?,24?,25?/m0/s1. The van der Waals surface area contributed by atoms with Crippen molar-refractivity contribution in [2.24, 2.45) is 17.8 Å². The first kappa shape index (κ1) is 22.1. The summed E-state index contributed by atoms with van der Waals surface area (Å²) >= 11 is 2.17. The zero-order valence-corrected chi connectivity index (χ0v) is 21.0. The summed E-state index contributed by atoms with van der Waals surface area (Å²) in [7, 11) is 0. The van der Waals surface area contributed by atoms with Crippen LogP contribution >= 0.6 is 11.8 Å². The summed E-state index contributed by atoms with van der Waals surface area (Å²) in [6.45, 7) is 7.43. The number of hydrogen-bond donors (Lipinski definition) is 3. The van der Waals surface area contributed by atoms with Gasteiger partial charge in [-0.3, -0.25) is 9.69 Å². The Bertz CT molecular complexity index is 966. The smallest absolute Gasteiger partial charge is 0.225 e. The molecule has 4 aliphatic heterocycles. The third-order valence-electron chi connectivity index (χ3n) is 9.49. The maximum Gasteiger partial charge on any atom is 0.225 e. The molecule has 1 amide bonds. The fourth-order valence-corrected chi connectivity index (χ4v) is 9.80. The first-order chi connectivity index (χ1) is 16.6. The van der Waals surface area contributed by atoms with Crippen molar-refractivity contribution in [3.05, 3.63) is 35.4 Å². The molecule has 0 radical (unpaired) electrons. The first-order valence-electron chi connectivity index (χ1n) is 13.2. The van der Waals surface area contributed by atoms with Gasteiger partial charge in [0.1, 0.15) is 0 Å². The van der Waals surface area contributed by atoms with E-state index in [0.29, 0.717) is 60.0 Å². The molecule has 1 spiro atoms. The van der Waals surface area contributed by atoms with Crippen LogP contribution in [0.1, 0.15) is 49.8 Å². The summed E-state index contributed by atoms with van der Waals surface area (Å²) in [5.74, 6) is 1.59. The Balaban J connectivity index is 1.24. The van der Waals surface area contributed by atoms with Crippen molar-refractivity contribution >= 4 is 17.7 Å². The lowest BCUT2D eigenvalue weighted by Gasteiger charge is -2.36. The molecule has 1 aromatic carbocycles. The zero-order chi connectivity index (χ0) is 23.0. The predicted molar refractivity (Wildman–Crippen MR) is 133 cm³/mol. The highest BCUT2D eigenvalue weighted by molar-refractivity contribution is 8.00. The van der Waals surface area contributed by atoms with Crippen molar-refractivity contribution in [1.82, 2.24) is 26.0 Å². The molecule has 6 aliphatic rings. The molecular formula is C26H37N5O2S. The Morgan fingerprint density at radius 2 is 1.94 bits per heavy atom. The Morgan fingerprint density at radius 3 is 2.71 bits per heavy atom. The molecule has 184 valence electrons. The molecule has 7 rings (SSSR count). The minimum absolute atomic E-state index is 0.132. The van der Waals surface area contributed by atoms with Crippen LogP contribution in [0.4, 0.5) is 0 Å². The second-order valence-electron chi connectivity index (χ2n) is 11.4. The Morgan fingerprint density at radius 1 is 1.15 bits per heavy atom. The van der Waals surface area contributed by atoms with Gasteiger partial charge in [0.05, 0.1) is 30.9 Å². The molecule has 2 saturated carbocycles. The maximum absolute atomic E-state index is 13.4. The molecule has 4 heterocycles. The van der Waals surface area contributed by atoms with E-state index in [2.05, 4.69) is 75.8 Å². The van der Waals surface area contributed by atoms with E-state index in [1.165, 1.54) is 24.0 Å². The molecule has 1 aromatic rings. The molecule has 8 atom stereocenters. The van der Waals surface area contributed by atoms with Crippen LogP contribution in [0.2, 0.25) is 0 Å². The molecule has 2 aliphatic carbocycles. The van der Waals surface area contributed by atoms with Crippen LogP contribution in [0.5, 0.6) is 0 Å². The molecule has 7 unspecified atom stereocenters. The summed E-state index contributed by atoms with van der Waals surface area (Å²) in [5.41, 5.74) is 10.2. The van der Waals surface area contributed by atoms with E-state index in [9.17, 15) is 4.79 Å². The van der Waals surface area contributed by atoms with Crippen molar-refractivity contribution in [3.8, 4) is 0 Å². The molecule has 3 N–H and O–H groups in total. The monoisotopic (exact) mass is 483 g/mol. The minimum atomic E-state index is 0.132. The van der Waals surface area contributed by atoms with Gasteiger partial charge in [-0.25, -0.2) is 10.9 Å². The molecular weight excluding hydrogens is 446 g/mol. The number of benzene rings is 1. The van der Waals surface area contributed by atoms with Crippen molar-refractivity contribution in [2.75, 3.05) is 26.3 Å². The van der Waals surface area contributed by atoms with Gasteiger partial charge in [0.15, 0.2) is 0 Å². The minimum Gasteiger partial charge on any atom is -0.378 e. The van der Waals surface area contributed by atoms with E-state index >= 15 is 0 Å². The number of fused-ring (bicyclic) bond motifs is 6. The van der Waals surface area contributed by atoms with Gasteiger partial charge < -0.3 is 15.0 Å². The van der Waals surface area contributed by atoms with Gasteiger partial charge in [0.2, 0.25) is 5.91 Å². The average Bonchev–Trinajstić information content (AvgIpc) is 3.19. The van der Waals surface area contributed by atoms with Crippen LogP contribution in [0.3, 0.4) is 0 Å². The summed E-state index contributed by atoms with van der Waals surface area (Å²) in [4.78, 5) is 18.2. The molecule has 0 aromatic heterocycles. The number of carbonyl (C=O) groups excluding carboxylic acids is 1. The van der Waals surface area contributed by atoms with Gasteiger partial charge in [0, 0.05) is 41.8 Å². The van der Waals surface area contributed by atoms with Gasteiger partial charge in [-0.1, -0.05) is 24.3 Å². The quantitative estimate of drug-likeness (QED) is 0.596. The summed E-state index contributed by atoms with van der Waals surface area (Å²) in [6, 6.07) is 9.29. The number of thioether (sulfide) groups is 1. The van der Waals surface area contributed by atoms with E-state index < -0.39 is 0 Å². The van der Waals surface area contributed by atoms with Crippen LogP contribution in [-0.4, -0.2) is 70.5 Å². The van der Waals surface area contributed by atoms with Gasteiger partial charge in [0.25, 0.3) is 0 Å². The Kier molecular flexibility index (Phi) is 5.31. The van der Waals surface area contributed by atoms with Crippen molar-refractivity contribution in [1.29, 1.82) is 0 Å². The van der Waals surface area contributed by atoms with Crippen LogP contribution < -0.4 is 16.2 Å². The van der Waals surface area contributed by atoms with Gasteiger partial charge in [-0.05, 0) is 56.6 Å². The summed E-state index contributed by atoms with van der Waals surface area (Å²) in [5, 5.41) is 5.25. The van der Waals surface area contributed by atoms with E-state index in [4.69, 9.17) is 4.74 Å². The van der Waals surface area contributed by atoms with Crippen LogP contribution in [0, 0.1) is 24.7 Å². The molecule has 8 heteroatoms. The SMILES string of the molecule is Cc1ccccc1C1NC2(CC2)C2NNC(C)N2C2SC3C[C@@H](C(=O)N4CCOCC4)CC3C12. The highest BCUT2D eigenvalue weighted by atomic mass is 32.2. The number of morpholine rings is 1. The number of aryl methyl sites for hydroxylation is 1. The third kappa shape index (κ3) is 3.33. The first-order valence-corrected chi connectivity index (χ1v) is 14.1. The number of ether oxygens (including phenoxy) is 1. The van der Waals surface area contributed by atoms with Crippen molar-refractivity contribution in [2.45, 2.75) is 74.1 Å². The second-order valence-corrected chi connectivity index (χ2v) is 12.7. The van der Waals surface area contributed by atoms with E-state index in [1.807, 2.05) is 0 Å². The fraction of sp³-hybridized carbons (Fsp3) is 0.731. The van der Waals surface area contributed by atoms with Crippen LogP contribution in [-0.2, 0) is 9.53 Å². The van der Waals surface area contributed by atoms with Crippen molar-refractivity contribution in [3.63, 3.8) is 0 Å². The molecule has 34 heavy (non-hydrogen) atoms. The van der Waals surface area contributed by atoms with E-state index in [1.54, 1.807) is 0 Å². The number of carbonyl (C=O) groups is 1. The largest absolute Gasteiger partial charge is 0.378 e. The predicted octanol–water partition coefficient (Wildman–Crippen LogP) is 2.20. The lowest BCUT2D eigenvalue weighted by atomic mass is 9.79. The second kappa shape index (κ2) is 8.18. The molecule has 4 saturated heterocycles. The topological polar surface area (TPSA) is 68.9 Å². The van der Waals surface area contributed by atoms with Gasteiger partial charge in [-0.2, -0.15) is 0 Å². The fourth-order valence-electron chi connectivity index (χ4n) is 7.62. The number of nitrogens with one attached hydrogen (secondary N) is 3. The normalized spacial score (nSPS) is 42.8. The average molecular weight is 484 g/mol. The number of nitrogens with zero attached hydrogens (tertiary/aromatic N) is 2. The number of amides is 1. The molecule has 0 bridgehead atoms. The highest BCUT2D eigenvalue weighted by Crippen LogP contribution is 2.61. The van der Waals surface area contributed by atoms with E-state index in [-0.39, 0.29) is 11.5 Å². The number of hydrogen-bond acceptors (Lipinski definition) is 7. The van der Waals surface area contributed by atoms with Crippen LogP contribution in [0.25, 0.3) is 0 Å². The van der Waals surface area contributed by atoms with Crippen LogP contribution in [0.15, 0.2) is 24.3 Å². The zero-order valence-electron chi connectivity index (χ0n) is 20.2. The molecule has 7 nitrogen and oxygen atoms in total. The lowest BCUT2D eigenvalue weighted by Crippen LogP contribution is -2.54. The summed E-state index contributed by atoms with van der Waals surface area (Å²) in [6.07, 6.45) is 5.12. The number of hydrazine groups is 1. The van der Waals surface area contributed by atoms with Crippen molar-refractivity contribution < 1.29 is 9.53 Å². The Labute approximate surface area is 206 Å². The van der Waals surface area contributed by atoms with Gasteiger partial charge in [-0.15, -0.1) is 11.8 Å². The van der Waals surface area contributed by atoms with Gasteiger partial charge >= 0.3 is 0 Å². The highest BCUT2D eigenvalue weighted by Gasteiger charge is 2.65. The third-order valence-corrected chi connectivity index (χ3v) is 11.2. The molecule has 6 fully saturated rings. The number of rotatable bonds is 2. The lowest BCUT2D eigenvalue weighted by molar-refractivity contribution is -0.139. The summed E-state index contributed by atoms with van der Waals surface area (Å²) < 4.78 is 5.50. The maximum atomic E-state index is 13.4.